The highest BCUT2D eigenvalue weighted by molar-refractivity contribution is 6.69. The summed E-state index contributed by atoms with van der Waals surface area (Å²) in [5.74, 6) is 0.378. The zero-order valence-electron chi connectivity index (χ0n) is 18.6. The fraction of sp³-hybridized carbons (Fsp3) is 0.320. The first-order valence-electron chi connectivity index (χ1n) is 10.9. The molecule has 1 saturated heterocycles. The molecule has 0 amide bonds. The van der Waals surface area contributed by atoms with Crippen molar-refractivity contribution in [3.05, 3.63) is 65.4 Å². The lowest BCUT2D eigenvalue weighted by atomic mass is 9.99. The number of benzene rings is 2. The molecule has 0 spiro atoms. The average molecular weight is 467 g/mol. The highest BCUT2D eigenvalue weighted by Gasteiger charge is 2.32. The number of likely N-dealkylation sites (tertiary alicyclic amines) is 1. The van der Waals surface area contributed by atoms with Crippen molar-refractivity contribution >= 4 is 39.3 Å². The zero-order valence-corrected chi connectivity index (χ0v) is 19.4. The van der Waals surface area contributed by atoms with Crippen LogP contribution in [0.15, 0.2) is 48.7 Å². The highest BCUT2D eigenvalue weighted by atomic mass is 35.5. The van der Waals surface area contributed by atoms with Crippen LogP contribution in [0.25, 0.3) is 10.8 Å². The minimum absolute atomic E-state index is 0.0642. The minimum atomic E-state index is -0.714. The number of aliphatic carboxylic acids is 1. The molecule has 8 heteroatoms. The number of ether oxygens (including phenoxy) is 1. The number of hydrogen-bond donors (Lipinski definition) is 3. The molecular formula is C25H27ClN4O3. The summed E-state index contributed by atoms with van der Waals surface area (Å²) in [6.45, 7) is 6.29. The van der Waals surface area contributed by atoms with Gasteiger partial charge in [-0.25, -0.2) is 4.98 Å². The van der Waals surface area contributed by atoms with E-state index in [0.717, 1.165) is 34.2 Å². The van der Waals surface area contributed by atoms with Gasteiger partial charge < -0.3 is 15.2 Å². The lowest BCUT2D eigenvalue weighted by Crippen LogP contribution is -2.49. The maximum absolute atomic E-state index is 11.0. The van der Waals surface area contributed by atoms with E-state index in [-0.39, 0.29) is 17.1 Å². The molecule has 2 heterocycles. The van der Waals surface area contributed by atoms with E-state index in [0.29, 0.717) is 31.1 Å². The van der Waals surface area contributed by atoms with Crippen LogP contribution in [0.2, 0.25) is 0 Å². The van der Waals surface area contributed by atoms with Crippen LogP contribution in [0.3, 0.4) is 0 Å². The van der Waals surface area contributed by atoms with Gasteiger partial charge in [-0.3, -0.25) is 15.1 Å². The summed E-state index contributed by atoms with van der Waals surface area (Å²) in [5, 5.41) is 22.2. The van der Waals surface area contributed by atoms with Gasteiger partial charge in [0.15, 0.2) is 0 Å². The fourth-order valence-electron chi connectivity index (χ4n) is 3.88. The Hall–Kier alpha value is -3.16. The summed E-state index contributed by atoms with van der Waals surface area (Å²) in [5.41, 5.74) is 2.54. The summed E-state index contributed by atoms with van der Waals surface area (Å²) in [6, 6.07) is 14.2. The summed E-state index contributed by atoms with van der Waals surface area (Å²) in [7, 11) is 0. The van der Waals surface area contributed by atoms with Gasteiger partial charge in [0, 0.05) is 37.4 Å². The third-order valence-electron chi connectivity index (χ3n) is 5.60. The molecule has 0 aliphatic carbocycles. The van der Waals surface area contributed by atoms with Crippen LogP contribution in [0.4, 0.5) is 5.82 Å². The van der Waals surface area contributed by atoms with Gasteiger partial charge in [-0.15, -0.1) is 0 Å². The lowest BCUT2D eigenvalue weighted by molar-refractivity contribution is -0.147. The molecule has 0 atom stereocenters. The first-order valence-corrected chi connectivity index (χ1v) is 11.3. The molecule has 3 N–H and O–H groups in total. The van der Waals surface area contributed by atoms with Crippen molar-refractivity contribution in [3.63, 3.8) is 0 Å². The number of fused-ring (bicyclic) bond motifs is 1. The van der Waals surface area contributed by atoms with E-state index in [4.69, 9.17) is 26.9 Å². The molecule has 1 aromatic heterocycles. The minimum Gasteiger partial charge on any atom is -0.489 e. The average Bonchev–Trinajstić information content (AvgIpc) is 2.74. The van der Waals surface area contributed by atoms with Gasteiger partial charge in [-0.05, 0) is 54.4 Å². The molecular weight excluding hydrogens is 440 g/mol. The maximum Gasteiger partial charge on any atom is 0.309 e. The summed E-state index contributed by atoms with van der Waals surface area (Å²) in [4.78, 5) is 17.5. The Morgan fingerprint density at radius 2 is 1.94 bits per heavy atom. The van der Waals surface area contributed by atoms with Crippen LogP contribution in [0.5, 0.6) is 5.75 Å². The number of pyridine rings is 1. The van der Waals surface area contributed by atoms with Crippen molar-refractivity contribution in [2.24, 2.45) is 5.92 Å². The molecule has 7 nitrogen and oxygen atoms in total. The number of hydrogen-bond acceptors (Lipinski definition) is 6. The maximum atomic E-state index is 11.0. The van der Waals surface area contributed by atoms with Gasteiger partial charge in [0.25, 0.3) is 0 Å². The number of nitrogens with zero attached hydrogens (tertiary/aromatic N) is 2. The van der Waals surface area contributed by atoms with Gasteiger partial charge >= 0.3 is 5.97 Å². The zero-order chi connectivity index (χ0) is 23.5. The number of halogens is 1. The Morgan fingerprint density at radius 1 is 1.21 bits per heavy atom. The molecule has 0 bridgehead atoms. The second-order valence-electron chi connectivity index (χ2n) is 8.71. The molecule has 4 rings (SSSR count). The molecule has 0 saturated carbocycles. The predicted molar refractivity (Wildman–Crippen MR) is 130 cm³/mol. The van der Waals surface area contributed by atoms with Crippen LogP contribution in [0, 0.1) is 11.3 Å². The van der Waals surface area contributed by atoms with Gasteiger partial charge in [-0.2, -0.15) is 0 Å². The molecule has 2 aromatic carbocycles. The van der Waals surface area contributed by atoms with E-state index in [1.54, 1.807) is 6.20 Å². The number of anilines is 1. The van der Waals surface area contributed by atoms with Crippen LogP contribution in [-0.2, 0) is 17.9 Å². The van der Waals surface area contributed by atoms with Crippen molar-refractivity contribution in [3.8, 4) is 5.75 Å². The molecule has 0 radical (unpaired) electrons. The third kappa shape index (κ3) is 5.61. The van der Waals surface area contributed by atoms with E-state index in [1.165, 1.54) is 0 Å². The second kappa shape index (κ2) is 9.77. The number of carbonyl (C=O) groups is 1. The summed E-state index contributed by atoms with van der Waals surface area (Å²) < 4.78 is 5.97. The van der Waals surface area contributed by atoms with Crippen LogP contribution >= 0.6 is 11.6 Å². The smallest absolute Gasteiger partial charge is 0.309 e. The van der Waals surface area contributed by atoms with Crippen molar-refractivity contribution < 1.29 is 14.6 Å². The van der Waals surface area contributed by atoms with Crippen LogP contribution in [0.1, 0.15) is 30.5 Å². The topological polar surface area (TPSA) is 98.5 Å². The molecule has 172 valence electrons. The second-order valence-corrected chi connectivity index (χ2v) is 9.09. The summed E-state index contributed by atoms with van der Waals surface area (Å²) >= 11 is 5.96. The van der Waals surface area contributed by atoms with Crippen molar-refractivity contribution in [2.75, 3.05) is 18.4 Å². The predicted octanol–water partition coefficient (Wildman–Crippen LogP) is 4.71. The van der Waals surface area contributed by atoms with Crippen molar-refractivity contribution in [2.45, 2.75) is 33.0 Å². The lowest BCUT2D eigenvalue weighted by Gasteiger charge is -2.36. The first-order chi connectivity index (χ1) is 15.8. The number of aromatic nitrogens is 1. The normalized spacial score (nSPS) is 14.3. The van der Waals surface area contributed by atoms with E-state index >= 15 is 0 Å². The quantitative estimate of drug-likeness (QED) is 0.395. The monoisotopic (exact) mass is 466 g/mol. The van der Waals surface area contributed by atoms with Gasteiger partial charge in [-0.1, -0.05) is 29.8 Å². The van der Waals surface area contributed by atoms with Crippen LogP contribution in [-0.4, -0.2) is 45.3 Å². The summed E-state index contributed by atoms with van der Waals surface area (Å²) in [6.07, 6.45) is 1.73. The molecule has 1 aliphatic rings. The van der Waals surface area contributed by atoms with E-state index in [9.17, 15) is 4.79 Å². The number of nitrogens with one attached hydrogen (secondary N) is 2. The van der Waals surface area contributed by atoms with Gasteiger partial charge in [0.2, 0.25) is 0 Å². The Morgan fingerprint density at radius 3 is 2.64 bits per heavy atom. The molecule has 3 aromatic rings. The van der Waals surface area contributed by atoms with E-state index in [1.807, 2.05) is 38.1 Å². The number of carboxylic acids is 1. The van der Waals surface area contributed by atoms with E-state index in [2.05, 4.69) is 33.4 Å². The first kappa shape index (κ1) is 23.0. The van der Waals surface area contributed by atoms with Crippen LogP contribution < -0.4 is 10.1 Å². The Labute approximate surface area is 197 Å². The number of carboxylic acid groups (broad SMARTS) is 1. The molecule has 1 fully saturated rings. The van der Waals surface area contributed by atoms with E-state index < -0.39 is 5.97 Å². The molecule has 0 unspecified atom stereocenters. The SMILES string of the molecule is CC(C)Nc1ncc(COc2ccc3cc(CN4CC(C(=O)O)C4)ccc3c2)cc1C(=N)Cl. The van der Waals surface area contributed by atoms with Crippen molar-refractivity contribution in [1.82, 2.24) is 9.88 Å². The Balaban J connectivity index is 1.40. The molecule has 1 aliphatic heterocycles. The Bertz CT molecular complexity index is 1190. The highest BCUT2D eigenvalue weighted by Crippen LogP contribution is 2.26. The fourth-order valence-corrected chi connectivity index (χ4v) is 4.03. The third-order valence-corrected chi connectivity index (χ3v) is 5.80. The van der Waals surface area contributed by atoms with Crippen molar-refractivity contribution in [1.29, 1.82) is 5.41 Å². The standard InChI is InChI=1S/C25H27ClN4O3/c1-15(2)29-24-22(23(26)27)8-17(10-28-24)14-33-21-6-5-18-7-16(3-4-19(18)9-21)11-30-12-20(13-30)25(31)32/h3-10,15,20,27H,11-14H2,1-2H3,(H,28,29)(H,31,32). The van der Waals surface area contributed by atoms with Gasteiger partial charge in [0.1, 0.15) is 23.3 Å². The van der Waals surface area contributed by atoms with Gasteiger partial charge in [0.05, 0.1) is 11.5 Å². The largest absolute Gasteiger partial charge is 0.489 e. The Kier molecular flexibility index (Phi) is 6.81. The molecule has 33 heavy (non-hydrogen) atoms. The number of rotatable bonds is 9.